The highest BCUT2D eigenvalue weighted by Gasteiger charge is 2.08. The minimum absolute atomic E-state index is 0.765. The van der Waals surface area contributed by atoms with Crippen molar-refractivity contribution in [1.29, 1.82) is 0 Å². The summed E-state index contributed by atoms with van der Waals surface area (Å²) < 4.78 is 0. The lowest BCUT2D eigenvalue weighted by Gasteiger charge is -2.19. The van der Waals surface area contributed by atoms with E-state index >= 15 is 0 Å². The number of likely N-dealkylation sites (N-methyl/N-ethyl adjacent to an activating group) is 1. The van der Waals surface area contributed by atoms with Crippen LogP contribution in [-0.4, -0.2) is 32.5 Å². The van der Waals surface area contributed by atoms with Crippen LogP contribution in [0.5, 0.6) is 0 Å². The van der Waals surface area contributed by atoms with Gasteiger partial charge >= 0.3 is 0 Å². The molecule has 0 atom stereocenters. The number of hydrogen-bond acceptors (Lipinski definition) is 3. The fourth-order valence-electron chi connectivity index (χ4n) is 1.58. The predicted molar refractivity (Wildman–Crippen MR) is 65.0 cm³/mol. The highest BCUT2D eigenvalue weighted by atomic mass is 35.5. The summed E-state index contributed by atoms with van der Waals surface area (Å²) in [6.07, 6.45) is 0. The van der Waals surface area contributed by atoms with Crippen LogP contribution < -0.4 is 10.2 Å². The number of rotatable bonds is 3. The molecule has 0 saturated carbocycles. The second kappa shape index (κ2) is 4.53. The molecule has 15 heavy (non-hydrogen) atoms. The molecule has 0 saturated heterocycles. The van der Waals surface area contributed by atoms with Gasteiger partial charge in [0.25, 0.3) is 0 Å². The second-order valence-corrected chi connectivity index (χ2v) is 4.03. The Morgan fingerprint density at radius 2 is 2.40 bits per heavy atom. The third-order valence-electron chi connectivity index (χ3n) is 2.38. The SMILES string of the molecule is CN(CC1=NCCN1)c1cccc(Cl)c1. The highest BCUT2D eigenvalue weighted by Crippen LogP contribution is 2.17. The van der Waals surface area contributed by atoms with Crippen molar-refractivity contribution < 1.29 is 0 Å². The van der Waals surface area contributed by atoms with Crippen molar-refractivity contribution >= 4 is 23.1 Å². The molecule has 0 unspecified atom stereocenters. The number of nitrogens with zero attached hydrogens (tertiary/aromatic N) is 2. The normalized spacial score (nSPS) is 14.7. The predicted octanol–water partition coefficient (Wildman–Crippen LogP) is 1.78. The third kappa shape index (κ3) is 2.63. The van der Waals surface area contributed by atoms with Gasteiger partial charge in [-0.05, 0) is 18.2 Å². The molecule has 1 aromatic carbocycles. The molecule has 1 N–H and O–H groups in total. The van der Waals surface area contributed by atoms with Gasteiger partial charge in [0, 0.05) is 24.3 Å². The molecule has 0 amide bonds. The Morgan fingerprint density at radius 1 is 1.53 bits per heavy atom. The van der Waals surface area contributed by atoms with Crippen LogP contribution in [-0.2, 0) is 0 Å². The Balaban J connectivity index is 2.04. The van der Waals surface area contributed by atoms with Crippen molar-refractivity contribution in [3.8, 4) is 0 Å². The molecule has 0 spiro atoms. The van der Waals surface area contributed by atoms with E-state index in [2.05, 4.69) is 15.2 Å². The lowest BCUT2D eigenvalue weighted by atomic mass is 10.3. The minimum atomic E-state index is 0.765. The monoisotopic (exact) mass is 223 g/mol. The fraction of sp³-hybridized carbons (Fsp3) is 0.364. The van der Waals surface area contributed by atoms with Crippen LogP contribution in [0, 0.1) is 0 Å². The van der Waals surface area contributed by atoms with Gasteiger partial charge in [0.2, 0.25) is 0 Å². The van der Waals surface area contributed by atoms with Crippen LogP contribution in [0.1, 0.15) is 0 Å². The number of amidine groups is 1. The van der Waals surface area contributed by atoms with Crippen LogP contribution in [0.4, 0.5) is 5.69 Å². The van der Waals surface area contributed by atoms with Crippen molar-refractivity contribution in [2.24, 2.45) is 4.99 Å². The van der Waals surface area contributed by atoms with E-state index < -0.39 is 0 Å². The van der Waals surface area contributed by atoms with Crippen molar-refractivity contribution in [3.63, 3.8) is 0 Å². The molecule has 0 radical (unpaired) electrons. The molecule has 3 nitrogen and oxygen atoms in total. The van der Waals surface area contributed by atoms with Crippen LogP contribution >= 0.6 is 11.6 Å². The van der Waals surface area contributed by atoms with Crippen molar-refractivity contribution in [3.05, 3.63) is 29.3 Å². The quantitative estimate of drug-likeness (QED) is 0.846. The summed E-state index contributed by atoms with van der Waals surface area (Å²) in [4.78, 5) is 6.48. The Kier molecular flexibility index (Phi) is 3.11. The lowest BCUT2D eigenvalue weighted by Crippen LogP contribution is -2.32. The largest absolute Gasteiger partial charge is 0.370 e. The summed E-state index contributed by atoms with van der Waals surface area (Å²) in [5, 5.41) is 4.01. The zero-order chi connectivity index (χ0) is 10.7. The van der Waals surface area contributed by atoms with Gasteiger partial charge in [-0.3, -0.25) is 4.99 Å². The summed E-state index contributed by atoms with van der Waals surface area (Å²) in [7, 11) is 2.04. The molecule has 1 aliphatic heterocycles. The molecule has 0 fully saturated rings. The summed E-state index contributed by atoms with van der Waals surface area (Å²) in [6.45, 7) is 2.65. The van der Waals surface area contributed by atoms with Gasteiger partial charge in [0.05, 0.1) is 13.1 Å². The molecule has 1 aliphatic rings. The van der Waals surface area contributed by atoms with E-state index in [4.69, 9.17) is 11.6 Å². The first-order valence-corrected chi connectivity index (χ1v) is 5.37. The van der Waals surface area contributed by atoms with E-state index in [0.717, 1.165) is 36.2 Å². The van der Waals surface area contributed by atoms with Crippen molar-refractivity contribution in [2.45, 2.75) is 0 Å². The van der Waals surface area contributed by atoms with E-state index in [1.165, 1.54) is 0 Å². The smallest absolute Gasteiger partial charge is 0.116 e. The van der Waals surface area contributed by atoms with Gasteiger partial charge in [0.15, 0.2) is 0 Å². The molecule has 80 valence electrons. The number of anilines is 1. The minimum Gasteiger partial charge on any atom is -0.370 e. The van der Waals surface area contributed by atoms with E-state index in [1.54, 1.807) is 0 Å². The second-order valence-electron chi connectivity index (χ2n) is 3.59. The van der Waals surface area contributed by atoms with Crippen LogP contribution in [0.15, 0.2) is 29.3 Å². The van der Waals surface area contributed by atoms with E-state index in [-0.39, 0.29) is 0 Å². The Morgan fingerprint density at radius 3 is 3.07 bits per heavy atom. The molecule has 1 heterocycles. The molecule has 4 heteroatoms. The first kappa shape index (κ1) is 10.3. The number of benzene rings is 1. The maximum atomic E-state index is 5.93. The molecular weight excluding hydrogens is 210 g/mol. The average molecular weight is 224 g/mol. The summed E-state index contributed by atoms with van der Waals surface area (Å²) >= 11 is 5.93. The summed E-state index contributed by atoms with van der Waals surface area (Å²) in [5.41, 5.74) is 1.11. The maximum absolute atomic E-state index is 5.93. The Hall–Kier alpha value is -1.22. The van der Waals surface area contributed by atoms with Crippen LogP contribution in [0.2, 0.25) is 5.02 Å². The fourth-order valence-corrected chi connectivity index (χ4v) is 1.77. The van der Waals surface area contributed by atoms with E-state index in [1.807, 2.05) is 31.3 Å². The summed E-state index contributed by atoms with van der Waals surface area (Å²) in [5.74, 6) is 1.05. The van der Waals surface area contributed by atoms with Crippen molar-refractivity contribution in [1.82, 2.24) is 5.32 Å². The van der Waals surface area contributed by atoms with Gasteiger partial charge < -0.3 is 10.2 Å². The first-order valence-electron chi connectivity index (χ1n) is 4.99. The van der Waals surface area contributed by atoms with Gasteiger partial charge in [-0.25, -0.2) is 0 Å². The van der Waals surface area contributed by atoms with Gasteiger partial charge in [-0.15, -0.1) is 0 Å². The molecule has 0 aliphatic carbocycles. The number of aliphatic imine (C=N–C) groups is 1. The van der Waals surface area contributed by atoms with E-state index in [9.17, 15) is 0 Å². The zero-order valence-corrected chi connectivity index (χ0v) is 9.46. The lowest BCUT2D eigenvalue weighted by molar-refractivity contribution is 0.944. The van der Waals surface area contributed by atoms with E-state index in [0.29, 0.717) is 0 Å². The molecule has 2 rings (SSSR count). The van der Waals surface area contributed by atoms with Crippen LogP contribution in [0.25, 0.3) is 0 Å². The third-order valence-corrected chi connectivity index (χ3v) is 2.61. The molecule has 1 aromatic rings. The number of halogens is 1. The van der Waals surface area contributed by atoms with Crippen LogP contribution in [0.3, 0.4) is 0 Å². The summed E-state index contributed by atoms with van der Waals surface area (Å²) in [6, 6.07) is 7.83. The molecule has 0 bridgehead atoms. The van der Waals surface area contributed by atoms with Gasteiger partial charge in [-0.1, -0.05) is 17.7 Å². The number of nitrogens with one attached hydrogen (secondary N) is 1. The average Bonchev–Trinajstić information content (AvgIpc) is 2.70. The topological polar surface area (TPSA) is 27.6 Å². The van der Waals surface area contributed by atoms with Gasteiger partial charge in [-0.2, -0.15) is 0 Å². The van der Waals surface area contributed by atoms with Gasteiger partial charge in [0.1, 0.15) is 5.84 Å². The molecule has 0 aromatic heterocycles. The highest BCUT2D eigenvalue weighted by molar-refractivity contribution is 6.30. The molecular formula is C11H14ClN3. The first-order chi connectivity index (χ1) is 7.25. The zero-order valence-electron chi connectivity index (χ0n) is 8.70. The number of hydrogen-bond donors (Lipinski definition) is 1. The van der Waals surface area contributed by atoms with Crippen molar-refractivity contribution in [2.75, 3.05) is 31.6 Å². The Bertz CT molecular complexity index is 376. The Labute approximate surface area is 94.8 Å². The maximum Gasteiger partial charge on any atom is 0.116 e. The standard InChI is InChI=1S/C11H14ClN3/c1-15(8-11-13-5-6-14-11)10-4-2-3-9(12)7-10/h2-4,7H,5-6,8H2,1H3,(H,13,14).